The van der Waals surface area contributed by atoms with Gasteiger partial charge in [-0.1, -0.05) is 56.2 Å². The molecular weight excluding hydrogens is 440 g/mol. The molecule has 0 radical (unpaired) electrons. The molecule has 2 N–H and O–H groups in total. The van der Waals surface area contributed by atoms with Crippen LogP contribution in [0.4, 0.5) is 0 Å². The van der Waals surface area contributed by atoms with Crippen LogP contribution in [-0.4, -0.2) is 12.6 Å². The van der Waals surface area contributed by atoms with E-state index >= 15 is 0 Å². The molecule has 3 aromatic rings. The highest BCUT2D eigenvalue weighted by molar-refractivity contribution is 5.92. The second kappa shape index (κ2) is 10.8. The van der Waals surface area contributed by atoms with E-state index in [1.54, 1.807) is 30.3 Å². The Balaban J connectivity index is 1.59. The summed E-state index contributed by atoms with van der Waals surface area (Å²) in [5.41, 5.74) is 9.43. The maximum atomic E-state index is 12.6. The Morgan fingerprint density at radius 3 is 2.51 bits per heavy atom. The van der Waals surface area contributed by atoms with Crippen LogP contribution in [0.1, 0.15) is 59.2 Å². The first kappa shape index (κ1) is 23.9. The zero-order valence-electron chi connectivity index (χ0n) is 19.9. The molecule has 4 rings (SSSR count). The molecule has 6 heteroatoms. The summed E-state index contributed by atoms with van der Waals surface area (Å²) in [5, 5.41) is 9.80. The molecule has 35 heavy (non-hydrogen) atoms. The molecule has 0 amide bonds. The van der Waals surface area contributed by atoms with Crippen LogP contribution in [0.25, 0.3) is 0 Å². The Labute approximate surface area is 205 Å². The predicted octanol–water partition coefficient (Wildman–Crippen LogP) is 6.00. The van der Waals surface area contributed by atoms with Gasteiger partial charge in [-0.05, 0) is 48.7 Å². The van der Waals surface area contributed by atoms with E-state index < -0.39 is 11.9 Å². The van der Waals surface area contributed by atoms with Crippen molar-refractivity contribution in [3.63, 3.8) is 0 Å². The number of unbranched alkanes of at least 4 members (excludes halogenated alkanes) is 2. The highest BCUT2D eigenvalue weighted by Gasteiger charge is 2.31. The molecule has 1 heterocycles. The lowest BCUT2D eigenvalue weighted by molar-refractivity contribution is 0.0733. The van der Waals surface area contributed by atoms with Crippen molar-refractivity contribution in [1.82, 2.24) is 0 Å². The molecule has 6 nitrogen and oxygen atoms in total. The molecule has 0 fully saturated rings. The Hall–Kier alpha value is -4.24. The minimum absolute atomic E-state index is 0.0345. The van der Waals surface area contributed by atoms with Gasteiger partial charge in [0.25, 0.3) is 0 Å². The first-order chi connectivity index (χ1) is 17.0. The van der Waals surface area contributed by atoms with E-state index in [0.29, 0.717) is 29.2 Å². The molecule has 1 unspecified atom stereocenters. The number of hydrogen-bond acceptors (Lipinski definition) is 6. The summed E-state index contributed by atoms with van der Waals surface area (Å²) in [6, 6.07) is 22.2. The fourth-order valence-corrected chi connectivity index (χ4v) is 4.10. The van der Waals surface area contributed by atoms with Crippen molar-refractivity contribution in [3.05, 3.63) is 100 Å². The summed E-state index contributed by atoms with van der Waals surface area (Å²) < 4.78 is 17.2. The smallest absolute Gasteiger partial charge is 0.343 e. The Bertz CT molecular complexity index is 1290. The fourth-order valence-electron chi connectivity index (χ4n) is 4.10. The van der Waals surface area contributed by atoms with Gasteiger partial charge < -0.3 is 19.9 Å². The lowest BCUT2D eigenvalue weighted by Crippen LogP contribution is -2.21. The summed E-state index contributed by atoms with van der Waals surface area (Å²) in [4.78, 5) is 12.6. The van der Waals surface area contributed by atoms with Crippen LogP contribution in [0, 0.1) is 18.3 Å². The van der Waals surface area contributed by atoms with Crippen molar-refractivity contribution >= 4 is 5.97 Å². The lowest BCUT2D eigenvalue weighted by atomic mass is 9.83. The van der Waals surface area contributed by atoms with E-state index in [2.05, 4.69) is 13.0 Å². The van der Waals surface area contributed by atoms with Crippen LogP contribution >= 0.6 is 0 Å². The zero-order chi connectivity index (χ0) is 24.8. The number of hydrogen-bond donors (Lipinski definition) is 1. The number of carbonyl (C=O) groups excluding carboxylic acids is 1. The summed E-state index contributed by atoms with van der Waals surface area (Å²) >= 11 is 0. The SMILES string of the molecule is CCCCCOc1ccc(C2C(C#N)=C(N)Oc3cc(OC(=O)c4ccccc4C)ccc32)cc1. The van der Waals surface area contributed by atoms with Crippen LogP contribution in [0.5, 0.6) is 17.2 Å². The molecule has 0 saturated carbocycles. The number of nitrogens with zero attached hydrogens (tertiary/aromatic N) is 1. The van der Waals surface area contributed by atoms with Gasteiger partial charge in [-0.2, -0.15) is 5.26 Å². The molecule has 1 aliphatic rings. The zero-order valence-corrected chi connectivity index (χ0v) is 19.9. The number of aryl methyl sites for hydroxylation is 1. The van der Waals surface area contributed by atoms with Crippen LogP contribution in [0.2, 0.25) is 0 Å². The average molecular weight is 469 g/mol. The maximum Gasteiger partial charge on any atom is 0.343 e. The van der Waals surface area contributed by atoms with Crippen molar-refractivity contribution in [1.29, 1.82) is 5.26 Å². The first-order valence-electron chi connectivity index (χ1n) is 11.7. The van der Waals surface area contributed by atoms with E-state index in [-0.39, 0.29) is 5.88 Å². The maximum absolute atomic E-state index is 12.6. The quantitative estimate of drug-likeness (QED) is 0.247. The normalized spacial score (nSPS) is 14.5. The molecule has 0 aliphatic carbocycles. The van der Waals surface area contributed by atoms with Crippen LogP contribution in [0.15, 0.2) is 78.2 Å². The van der Waals surface area contributed by atoms with Gasteiger partial charge in [0.15, 0.2) is 0 Å². The highest BCUT2D eigenvalue weighted by atomic mass is 16.5. The molecule has 0 bridgehead atoms. The number of nitriles is 1. The van der Waals surface area contributed by atoms with Gasteiger partial charge in [0.05, 0.1) is 18.1 Å². The third kappa shape index (κ3) is 5.30. The molecule has 1 atom stereocenters. The number of benzene rings is 3. The summed E-state index contributed by atoms with van der Waals surface area (Å²) in [6.07, 6.45) is 3.29. The van der Waals surface area contributed by atoms with Crippen molar-refractivity contribution in [2.45, 2.75) is 39.0 Å². The van der Waals surface area contributed by atoms with E-state index in [4.69, 9.17) is 19.9 Å². The van der Waals surface area contributed by atoms with Gasteiger partial charge in [-0.3, -0.25) is 0 Å². The summed E-state index contributed by atoms with van der Waals surface area (Å²) in [5.74, 6) is 0.741. The van der Waals surface area contributed by atoms with Gasteiger partial charge in [-0.25, -0.2) is 4.79 Å². The molecule has 0 spiro atoms. The minimum atomic E-state index is -0.453. The van der Waals surface area contributed by atoms with Crippen molar-refractivity contribution in [2.24, 2.45) is 5.73 Å². The van der Waals surface area contributed by atoms with E-state index in [9.17, 15) is 10.1 Å². The largest absolute Gasteiger partial charge is 0.494 e. The predicted molar refractivity (Wildman–Crippen MR) is 133 cm³/mol. The standard InChI is InChI=1S/C29H28N2O4/c1-3-4-7-16-33-21-12-10-20(11-13-21)27-24-15-14-22(17-26(24)35-28(31)25(27)18-30)34-29(32)23-9-6-5-8-19(23)2/h5-6,8-15,17,27H,3-4,7,16,31H2,1-2H3. The molecule has 3 aromatic carbocycles. The number of nitrogens with two attached hydrogens (primary N) is 1. The molecule has 0 saturated heterocycles. The summed E-state index contributed by atoms with van der Waals surface area (Å²) in [6.45, 7) is 4.69. The van der Waals surface area contributed by atoms with Gasteiger partial charge in [0.2, 0.25) is 5.88 Å². The number of carbonyl (C=O) groups is 1. The number of rotatable bonds is 8. The Kier molecular flexibility index (Phi) is 7.37. The van der Waals surface area contributed by atoms with Crippen molar-refractivity contribution in [2.75, 3.05) is 6.61 Å². The topological polar surface area (TPSA) is 94.6 Å². The number of fused-ring (bicyclic) bond motifs is 1. The number of ether oxygens (including phenoxy) is 3. The third-order valence-electron chi connectivity index (χ3n) is 6.00. The van der Waals surface area contributed by atoms with E-state index in [0.717, 1.165) is 41.7 Å². The van der Waals surface area contributed by atoms with Crippen molar-refractivity contribution < 1.29 is 19.0 Å². The highest BCUT2D eigenvalue weighted by Crippen LogP contribution is 2.43. The number of allylic oxidation sites excluding steroid dienone is 1. The van der Waals surface area contributed by atoms with Gasteiger partial charge >= 0.3 is 5.97 Å². The lowest BCUT2D eigenvalue weighted by Gasteiger charge is -2.27. The van der Waals surface area contributed by atoms with Crippen LogP contribution in [-0.2, 0) is 0 Å². The second-order valence-corrected chi connectivity index (χ2v) is 8.45. The summed E-state index contributed by atoms with van der Waals surface area (Å²) in [7, 11) is 0. The van der Waals surface area contributed by atoms with Crippen LogP contribution < -0.4 is 19.9 Å². The molecular formula is C29H28N2O4. The van der Waals surface area contributed by atoms with E-state index in [1.807, 2.05) is 43.3 Å². The first-order valence-corrected chi connectivity index (χ1v) is 11.7. The minimum Gasteiger partial charge on any atom is -0.494 e. The van der Waals surface area contributed by atoms with Gasteiger partial charge in [0, 0.05) is 11.6 Å². The Morgan fingerprint density at radius 1 is 1.06 bits per heavy atom. The third-order valence-corrected chi connectivity index (χ3v) is 6.00. The molecule has 178 valence electrons. The van der Waals surface area contributed by atoms with Crippen molar-refractivity contribution in [3.8, 4) is 23.3 Å². The second-order valence-electron chi connectivity index (χ2n) is 8.45. The molecule has 1 aliphatic heterocycles. The Morgan fingerprint density at radius 2 is 1.80 bits per heavy atom. The fraction of sp³-hybridized carbons (Fsp3) is 0.241. The van der Waals surface area contributed by atoms with Gasteiger partial charge in [0.1, 0.15) is 28.9 Å². The average Bonchev–Trinajstić information content (AvgIpc) is 2.86. The van der Waals surface area contributed by atoms with Crippen LogP contribution in [0.3, 0.4) is 0 Å². The van der Waals surface area contributed by atoms with E-state index in [1.165, 1.54) is 0 Å². The number of esters is 1. The van der Waals surface area contributed by atoms with Gasteiger partial charge in [-0.15, -0.1) is 0 Å². The monoisotopic (exact) mass is 468 g/mol. The molecule has 0 aromatic heterocycles.